The molecular weight excluding hydrogens is 248 g/mol. The maximum atomic E-state index is 5.92. The highest BCUT2D eigenvalue weighted by Gasteiger charge is 2.03. The third kappa shape index (κ3) is 2.62. The molecule has 3 nitrogen and oxygen atoms in total. The lowest BCUT2D eigenvalue weighted by Crippen LogP contribution is -1.91. The smallest absolute Gasteiger partial charge is 0.127 e. The van der Waals surface area contributed by atoms with E-state index in [1.54, 1.807) is 12.4 Å². The van der Waals surface area contributed by atoms with Crippen molar-refractivity contribution in [3.05, 3.63) is 73.1 Å². The number of benzene rings is 2. The molecule has 0 aliphatic rings. The molecule has 0 saturated heterocycles. The van der Waals surface area contributed by atoms with Crippen LogP contribution in [0.25, 0.3) is 11.1 Å². The van der Waals surface area contributed by atoms with E-state index >= 15 is 0 Å². The molecule has 20 heavy (non-hydrogen) atoms. The molecule has 1 aromatic heterocycles. The van der Waals surface area contributed by atoms with Gasteiger partial charge in [-0.15, -0.1) is 0 Å². The molecule has 0 aliphatic heterocycles. The van der Waals surface area contributed by atoms with Gasteiger partial charge in [0.2, 0.25) is 0 Å². The van der Waals surface area contributed by atoms with Crippen LogP contribution in [0.2, 0.25) is 0 Å². The Morgan fingerprint density at radius 2 is 1.50 bits per heavy atom. The van der Waals surface area contributed by atoms with Gasteiger partial charge < -0.3 is 10.5 Å². The molecule has 0 fully saturated rings. The van der Waals surface area contributed by atoms with Gasteiger partial charge in [0.25, 0.3) is 0 Å². The summed E-state index contributed by atoms with van der Waals surface area (Å²) < 4.78 is 5.76. The van der Waals surface area contributed by atoms with Gasteiger partial charge in [-0.1, -0.05) is 30.3 Å². The second-order valence-corrected chi connectivity index (χ2v) is 4.40. The van der Waals surface area contributed by atoms with Crippen molar-refractivity contribution in [3.8, 4) is 22.6 Å². The standard InChI is InChI=1S/C17H14N2O/c18-17-12-19-11-10-16(17)13-6-8-15(9-7-13)20-14-4-2-1-3-5-14/h1-12H,18H2. The molecule has 0 radical (unpaired) electrons. The maximum absolute atomic E-state index is 5.92. The zero-order valence-corrected chi connectivity index (χ0v) is 10.9. The molecule has 3 heteroatoms. The van der Waals surface area contributed by atoms with Gasteiger partial charge >= 0.3 is 0 Å². The first kappa shape index (κ1) is 12.2. The Kier molecular flexibility index (Phi) is 3.33. The Morgan fingerprint density at radius 1 is 0.800 bits per heavy atom. The Balaban J connectivity index is 1.83. The van der Waals surface area contributed by atoms with Crippen molar-refractivity contribution >= 4 is 5.69 Å². The van der Waals surface area contributed by atoms with Gasteiger partial charge in [-0.25, -0.2) is 0 Å². The summed E-state index contributed by atoms with van der Waals surface area (Å²) >= 11 is 0. The zero-order chi connectivity index (χ0) is 13.8. The summed E-state index contributed by atoms with van der Waals surface area (Å²) in [5, 5.41) is 0. The molecular formula is C17H14N2O. The molecule has 0 unspecified atom stereocenters. The number of aromatic nitrogens is 1. The highest BCUT2D eigenvalue weighted by molar-refractivity contribution is 5.75. The number of pyridine rings is 1. The number of hydrogen-bond acceptors (Lipinski definition) is 3. The largest absolute Gasteiger partial charge is 0.457 e. The highest BCUT2D eigenvalue weighted by atomic mass is 16.5. The van der Waals surface area contributed by atoms with Crippen molar-refractivity contribution in [2.45, 2.75) is 0 Å². The topological polar surface area (TPSA) is 48.1 Å². The van der Waals surface area contributed by atoms with Crippen molar-refractivity contribution in [1.82, 2.24) is 4.98 Å². The lowest BCUT2D eigenvalue weighted by molar-refractivity contribution is 0.483. The zero-order valence-electron chi connectivity index (χ0n) is 10.9. The number of hydrogen-bond donors (Lipinski definition) is 1. The Hall–Kier alpha value is -2.81. The van der Waals surface area contributed by atoms with Crippen LogP contribution in [0.3, 0.4) is 0 Å². The molecule has 3 rings (SSSR count). The fraction of sp³-hybridized carbons (Fsp3) is 0. The van der Waals surface area contributed by atoms with Gasteiger partial charge in [0.05, 0.1) is 11.9 Å². The van der Waals surface area contributed by atoms with Crippen molar-refractivity contribution < 1.29 is 4.74 Å². The van der Waals surface area contributed by atoms with Gasteiger partial charge in [0.15, 0.2) is 0 Å². The van der Waals surface area contributed by atoms with Crippen LogP contribution in [0.1, 0.15) is 0 Å². The molecule has 3 aromatic rings. The van der Waals surface area contributed by atoms with E-state index in [9.17, 15) is 0 Å². The van der Waals surface area contributed by atoms with E-state index < -0.39 is 0 Å². The Morgan fingerprint density at radius 3 is 2.20 bits per heavy atom. The van der Waals surface area contributed by atoms with Crippen molar-refractivity contribution in [3.63, 3.8) is 0 Å². The van der Waals surface area contributed by atoms with Crippen LogP contribution < -0.4 is 10.5 Å². The predicted molar refractivity (Wildman–Crippen MR) is 80.6 cm³/mol. The fourth-order valence-electron chi connectivity index (χ4n) is 2.00. The van der Waals surface area contributed by atoms with Crippen LogP contribution in [-0.2, 0) is 0 Å². The molecule has 2 N–H and O–H groups in total. The molecule has 0 spiro atoms. The van der Waals surface area contributed by atoms with E-state index in [2.05, 4.69) is 4.98 Å². The number of rotatable bonds is 3. The molecule has 0 bridgehead atoms. The van der Waals surface area contributed by atoms with E-state index in [4.69, 9.17) is 10.5 Å². The summed E-state index contributed by atoms with van der Waals surface area (Å²) in [7, 11) is 0. The molecule has 98 valence electrons. The van der Waals surface area contributed by atoms with Crippen LogP contribution in [0.4, 0.5) is 5.69 Å². The van der Waals surface area contributed by atoms with Crippen LogP contribution in [0.15, 0.2) is 73.1 Å². The van der Waals surface area contributed by atoms with Crippen molar-refractivity contribution in [2.24, 2.45) is 0 Å². The van der Waals surface area contributed by atoms with E-state index in [1.807, 2.05) is 60.7 Å². The average molecular weight is 262 g/mol. The van der Waals surface area contributed by atoms with Gasteiger partial charge in [-0.05, 0) is 35.9 Å². The number of nitrogen functional groups attached to an aromatic ring is 1. The normalized spacial score (nSPS) is 10.2. The van der Waals surface area contributed by atoms with Crippen LogP contribution in [0.5, 0.6) is 11.5 Å². The quantitative estimate of drug-likeness (QED) is 0.772. The molecule has 0 aliphatic carbocycles. The Bertz CT molecular complexity index is 694. The number of nitrogens with two attached hydrogens (primary N) is 1. The molecule has 1 heterocycles. The van der Waals surface area contributed by atoms with Crippen molar-refractivity contribution in [1.29, 1.82) is 0 Å². The van der Waals surface area contributed by atoms with Crippen LogP contribution >= 0.6 is 0 Å². The molecule has 0 atom stereocenters. The molecule has 0 saturated carbocycles. The summed E-state index contributed by atoms with van der Waals surface area (Å²) in [6.45, 7) is 0. The van der Waals surface area contributed by atoms with E-state index in [-0.39, 0.29) is 0 Å². The summed E-state index contributed by atoms with van der Waals surface area (Å²) in [4.78, 5) is 3.99. The fourth-order valence-corrected chi connectivity index (χ4v) is 2.00. The first-order chi connectivity index (χ1) is 9.83. The van der Waals surface area contributed by atoms with Crippen molar-refractivity contribution in [2.75, 3.05) is 5.73 Å². The molecule has 0 amide bonds. The van der Waals surface area contributed by atoms with Crippen LogP contribution in [0, 0.1) is 0 Å². The first-order valence-corrected chi connectivity index (χ1v) is 6.36. The van der Waals surface area contributed by atoms with Gasteiger partial charge in [0.1, 0.15) is 11.5 Å². The summed E-state index contributed by atoms with van der Waals surface area (Å²) in [6.07, 6.45) is 3.39. The molecule has 2 aromatic carbocycles. The second-order valence-electron chi connectivity index (χ2n) is 4.40. The van der Waals surface area contributed by atoms with Gasteiger partial charge in [0, 0.05) is 11.8 Å². The Labute approximate surface area is 117 Å². The average Bonchev–Trinajstić information content (AvgIpc) is 2.50. The first-order valence-electron chi connectivity index (χ1n) is 6.36. The minimum atomic E-state index is 0.671. The SMILES string of the molecule is Nc1cnccc1-c1ccc(Oc2ccccc2)cc1. The lowest BCUT2D eigenvalue weighted by Gasteiger charge is -2.08. The summed E-state index contributed by atoms with van der Waals surface area (Å²) in [5.41, 5.74) is 8.62. The maximum Gasteiger partial charge on any atom is 0.127 e. The third-order valence-electron chi connectivity index (χ3n) is 3.00. The summed E-state index contributed by atoms with van der Waals surface area (Å²) in [6, 6.07) is 19.5. The highest BCUT2D eigenvalue weighted by Crippen LogP contribution is 2.28. The monoisotopic (exact) mass is 262 g/mol. The lowest BCUT2D eigenvalue weighted by atomic mass is 10.1. The van der Waals surface area contributed by atoms with Crippen LogP contribution in [-0.4, -0.2) is 4.98 Å². The second kappa shape index (κ2) is 5.45. The van der Waals surface area contributed by atoms with E-state index in [0.29, 0.717) is 5.69 Å². The van der Waals surface area contributed by atoms with E-state index in [0.717, 1.165) is 22.6 Å². The third-order valence-corrected chi connectivity index (χ3v) is 3.00. The minimum Gasteiger partial charge on any atom is -0.457 e. The predicted octanol–water partition coefficient (Wildman–Crippen LogP) is 4.12. The number of nitrogens with zero attached hydrogens (tertiary/aromatic N) is 1. The number of para-hydroxylation sites is 1. The summed E-state index contributed by atoms with van der Waals surface area (Å²) in [5.74, 6) is 1.62. The van der Waals surface area contributed by atoms with E-state index in [1.165, 1.54) is 0 Å². The minimum absolute atomic E-state index is 0.671. The number of anilines is 1. The van der Waals surface area contributed by atoms with Gasteiger partial charge in [-0.2, -0.15) is 0 Å². The number of ether oxygens (including phenoxy) is 1. The van der Waals surface area contributed by atoms with Gasteiger partial charge in [-0.3, -0.25) is 4.98 Å².